The Kier molecular flexibility index (Phi) is 2.05. The summed E-state index contributed by atoms with van der Waals surface area (Å²) in [6.07, 6.45) is 3.13. The van der Waals surface area contributed by atoms with Crippen molar-refractivity contribution in [3.63, 3.8) is 0 Å². The average molecular weight is 194 g/mol. The zero-order chi connectivity index (χ0) is 9.10. The molecule has 0 spiro atoms. The second kappa shape index (κ2) is 3.36. The highest BCUT2D eigenvalue weighted by Crippen LogP contribution is 2.16. The van der Waals surface area contributed by atoms with Crippen LogP contribution in [-0.2, 0) is 0 Å². The van der Waals surface area contributed by atoms with Crippen LogP contribution in [-0.4, -0.2) is 15.0 Å². The molecular formula is C7H6N4OS. The molecule has 0 aromatic carbocycles. The number of thiazole rings is 1. The van der Waals surface area contributed by atoms with Gasteiger partial charge in [-0.2, -0.15) is 0 Å². The lowest BCUT2D eigenvalue weighted by molar-refractivity contribution is 1.08. The summed E-state index contributed by atoms with van der Waals surface area (Å²) in [7, 11) is 0. The molecule has 0 fully saturated rings. The third-order valence-electron chi connectivity index (χ3n) is 1.36. The fourth-order valence-electron chi connectivity index (χ4n) is 0.852. The molecule has 0 aliphatic rings. The summed E-state index contributed by atoms with van der Waals surface area (Å²) < 4.78 is 0. The van der Waals surface area contributed by atoms with Gasteiger partial charge in [0.25, 0.3) is 0 Å². The van der Waals surface area contributed by atoms with E-state index >= 15 is 0 Å². The van der Waals surface area contributed by atoms with Gasteiger partial charge in [-0.05, 0) is 6.07 Å². The standard InChI is InChI=1S/C7H6N4OS/c12-7-9-2-1-5(11-7)10-6-3-8-4-13-6/h1-4H,(H2,9,10,11,12). The number of H-pyrrole nitrogens is 1. The van der Waals surface area contributed by atoms with E-state index in [0.29, 0.717) is 5.82 Å². The lowest BCUT2D eigenvalue weighted by Gasteiger charge is -1.99. The molecule has 0 amide bonds. The maximum atomic E-state index is 10.8. The predicted octanol–water partition coefficient (Wildman–Crippen LogP) is 0.970. The number of nitrogens with zero attached hydrogens (tertiary/aromatic N) is 2. The third kappa shape index (κ3) is 1.91. The van der Waals surface area contributed by atoms with Gasteiger partial charge >= 0.3 is 5.69 Å². The Morgan fingerprint density at radius 3 is 3.15 bits per heavy atom. The van der Waals surface area contributed by atoms with E-state index in [0.717, 1.165) is 5.00 Å². The van der Waals surface area contributed by atoms with Crippen LogP contribution in [0.4, 0.5) is 10.8 Å². The second-order valence-corrected chi connectivity index (χ2v) is 3.17. The first-order valence-electron chi connectivity index (χ1n) is 3.55. The van der Waals surface area contributed by atoms with Gasteiger partial charge in [0.2, 0.25) is 0 Å². The topological polar surface area (TPSA) is 70.7 Å². The van der Waals surface area contributed by atoms with Gasteiger partial charge in [-0.3, -0.25) is 9.97 Å². The Hall–Kier alpha value is -1.69. The van der Waals surface area contributed by atoms with Crippen LogP contribution in [0.3, 0.4) is 0 Å². The number of hydrogen-bond acceptors (Lipinski definition) is 5. The molecule has 2 heterocycles. The van der Waals surface area contributed by atoms with E-state index < -0.39 is 0 Å². The minimum atomic E-state index is -0.366. The van der Waals surface area contributed by atoms with E-state index in [1.807, 2.05) is 0 Å². The van der Waals surface area contributed by atoms with Gasteiger partial charge in [-0.15, -0.1) is 11.3 Å². The van der Waals surface area contributed by atoms with Crippen molar-refractivity contribution >= 4 is 22.2 Å². The van der Waals surface area contributed by atoms with E-state index in [2.05, 4.69) is 20.3 Å². The highest BCUT2D eigenvalue weighted by molar-refractivity contribution is 7.13. The molecule has 6 heteroatoms. The average Bonchev–Trinajstić information content (AvgIpc) is 2.57. The van der Waals surface area contributed by atoms with Crippen molar-refractivity contribution in [3.05, 3.63) is 34.5 Å². The van der Waals surface area contributed by atoms with Crippen LogP contribution in [0, 0.1) is 0 Å². The lowest BCUT2D eigenvalue weighted by atomic mass is 10.6. The largest absolute Gasteiger partial charge is 0.346 e. The SMILES string of the molecule is O=c1nccc(Nc2cncs2)[nH]1. The molecule has 2 aromatic heterocycles. The minimum Gasteiger partial charge on any atom is -0.332 e. The molecule has 0 radical (unpaired) electrons. The Bertz CT molecular complexity index is 436. The third-order valence-corrected chi connectivity index (χ3v) is 2.05. The van der Waals surface area contributed by atoms with Gasteiger partial charge in [-0.1, -0.05) is 0 Å². The zero-order valence-corrected chi connectivity index (χ0v) is 7.34. The summed E-state index contributed by atoms with van der Waals surface area (Å²) >= 11 is 1.46. The number of anilines is 2. The molecule has 0 aliphatic heterocycles. The van der Waals surface area contributed by atoms with Crippen molar-refractivity contribution in [2.45, 2.75) is 0 Å². The van der Waals surface area contributed by atoms with Crippen molar-refractivity contribution in [2.75, 3.05) is 5.32 Å². The van der Waals surface area contributed by atoms with Crippen molar-refractivity contribution < 1.29 is 0 Å². The lowest BCUT2D eigenvalue weighted by Crippen LogP contribution is -2.10. The van der Waals surface area contributed by atoms with E-state index in [1.165, 1.54) is 17.5 Å². The summed E-state index contributed by atoms with van der Waals surface area (Å²) in [5.74, 6) is 0.615. The second-order valence-electron chi connectivity index (χ2n) is 2.28. The van der Waals surface area contributed by atoms with E-state index in [9.17, 15) is 4.79 Å². The number of rotatable bonds is 2. The molecule has 0 unspecified atom stereocenters. The monoisotopic (exact) mass is 194 g/mol. The Morgan fingerprint density at radius 2 is 2.46 bits per heavy atom. The van der Waals surface area contributed by atoms with Crippen molar-refractivity contribution in [1.29, 1.82) is 0 Å². The van der Waals surface area contributed by atoms with Crippen LogP contribution >= 0.6 is 11.3 Å². The van der Waals surface area contributed by atoms with Crippen LogP contribution in [0.1, 0.15) is 0 Å². The molecule has 0 saturated heterocycles. The summed E-state index contributed by atoms with van der Waals surface area (Å²) in [5, 5.41) is 3.86. The smallest absolute Gasteiger partial charge is 0.332 e. The minimum absolute atomic E-state index is 0.366. The highest BCUT2D eigenvalue weighted by Gasteiger charge is 1.95. The van der Waals surface area contributed by atoms with Crippen LogP contribution in [0.2, 0.25) is 0 Å². The maximum Gasteiger partial charge on any atom is 0.346 e. The van der Waals surface area contributed by atoms with Crippen molar-refractivity contribution in [3.8, 4) is 0 Å². The molecule has 0 atom stereocenters. The number of aromatic amines is 1. The Balaban J connectivity index is 2.24. The fraction of sp³-hybridized carbons (Fsp3) is 0. The van der Waals surface area contributed by atoms with Crippen LogP contribution < -0.4 is 11.0 Å². The van der Waals surface area contributed by atoms with Gasteiger partial charge < -0.3 is 5.32 Å². The van der Waals surface area contributed by atoms with Crippen molar-refractivity contribution in [1.82, 2.24) is 15.0 Å². The molecule has 0 saturated carbocycles. The Labute approximate surface area is 77.5 Å². The van der Waals surface area contributed by atoms with Crippen LogP contribution in [0.15, 0.2) is 28.8 Å². The number of hydrogen-bond donors (Lipinski definition) is 2. The molecule has 2 N–H and O–H groups in total. The van der Waals surface area contributed by atoms with Crippen molar-refractivity contribution in [2.24, 2.45) is 0 Å². The molecule has 2 aromatic rings. The van der Waals surface area contributed by atoms with E-state index in [1.54, 1.807) is 17.8 Å². The Morgan fingerprint density at radius 1 is 1.54 bits per heavy atom. The van der Waals surface area contributed by atoms with E-state index in [-0.39, 0.29) is 5.69 Å². The first kappa shape index (κ1) is 7.93. The fourth-order valence-corrected chi connectivity index (χ4v) is 1.38. The molecule has 0 bridgehead atoms. The molecular weight excluding hydrogens is 188 g/mol. The van der Waals surface area contributed by atoms with Gasteiger partial charge in [0.15, 0.2) is 0 Å². The summed E-state index contributed by atoms with van der Waals surface area (Å²) in [4.78, 5) is 20.7. The molecule has 13 heavy (non-hydrogen) atoms. The van der Waals surface area contributed by atoms with Gasteiger partial charge in [0.05, 0.1) is 11.7 Å². The summed E-state index contributed by atoms with van der Waals surface area (Å²) in [6.45, 7) is 0. The first-order chi connectivity index (χ1) is 6.34. The number of nitrogens with one attached hydrogen (secondary N) is 2. The molecule has 66 valence electrons. The zero-order valence-electron chi connectivity index (χ0n) is 6.52. The molecule has 0 aliphatic carbocycles. The normalized spacial score (nSPS) is 9.85. The van der Waals surface area contributed by atoms with Crippen LogP contribution in [0.25, 0.3) is 0 Å². The van der Waals surface area contributed by atoms with E-state index in [4.69, 9.17) is 0 Å². The number of aromatic nitrogens is 3. The quantitative estimate of drug-likeness (QED) is 0.747. The predicted molar refractivity (Wildman–Crippen MR) is 50.3 cm³/mol. The van der Waals surface area contributed by atoms with Gasteiger partial charge in [0, 0.05) is 6.20 Å². The van der Waals surface area contributed by atoms with Gasteiger partial charge in [0.1, 0.15) is 10.8 Å². The maximum absolute atomic E-state index is 10.8. The van der Waals surface area contributed by atoms with Gasteiger partial charge in [-0.25, -0.2) is 9.78 Å². The first-order valence-corrected chi connectivity index (χ1v) is 4.43. The highest BCUT2D eigenvalue weighted by atomic mass is 32.1. The molecule has 2 rings (SSSR count). The summed E-state index contributed by atoms with van der Waals surface area (Å²) in [6, 6.07) is 1.68. The summed E-state index contributed by atoms with van der Waals surface area (Å²) in [5.41, 5.74) is 1.34. The van der Waals surface area contributed by atoms with Crippen LogP contribution in [0.5, 0.6) is 0 Å². The molecule has 5 nitrogen and oxygen atoms in total.